The van der Waals surface area contributed by atoms with E-state index in [0.29, 0.717) is 18.4 Å². The highest BCUT2D eigenvalue weighted by molar-refractivity contribution is 5.77. The SMILES string of the molecule is Cc1[nH]c(=O)c(C#N)c(C)c1CCC(=O)N1CCCC1c1ccc[nH]1. The lowest BCUT2D eigenvalue weighted by Gasteiger charge is -2.24. The molecule has 25 heavy (non-hydrogen) atoms. The van der Waals surface area contributed by atoms with Crippen molar-refractivity contribution in [3.63, 3.8) is 0 Å². The standard InChI is InChI=1S/C19H22N4O2/c1-12-14(13(2)22-19(25)15(12)11-20)7-8-18(24)23-10-4-6-17(23)16-5-3-9-21-16/h3,5,9,17,21H,4,6-8,10H2,1-2H3,(H,22,25). The molecule has 130 valence electrons. The molecule has 0 saturated carbocycles. The number of carbonyl (C=O) groups excluding carboxylic acids is 1. The second kappa shape index (κ2) is 6.98. The minimum atomic E-state index is -0.362. The lowest BCUT2D eigenvalue weighted by Crippen LogP contribution is -2.31. The Balaban J connectivity index is 1.75. The quantitative estimate of drug-likeness (QED) is 0.897. The molecule has 6 nitrogen and oxygen atoms in total. The molecule has 1 atom stereocenters. The maximum atomic E-state index is 12.7. The number of aromatic nitrogens is 2. The highest BCUT2D eigenvalue weighted by atomic mass is 16.2. The van der Waals surface area contributed by atoms with Crippen molar-refractivity contribution < 1.29 is 4.79 Å². The Morgan fingerprint density at radius 2 is 2.24 bits per heavy atom. The summed E-state index contributed by atoms with van der Waals surface area (Å²) in [5, 5.41) is 9.16. The predicted molar refractivity (Wildman–Crippen MR) is 94.1 cm³/mol. The van der Waals surface area contributed by atoms with Gasteiger partial charge in [0, 0.05) is 30.6 Å². The van der Waals surface area contributed by atoms with Crippen molar-refractivity contribution >= 4 is 5.91 Å². The van der Waals surface area contributed by atoms with E-state index in [1.54, 1.807) is 6.92 Å². The number of nitrogens with zero attached hydrogens (tertiary/aromatic N) is 2. The molecule has 1 saturated heterocycles. The first kappa shape index (κ1) is 17.0. The van der Waals surface area contributed by atoms with Crippen molar-refractivity contribution in [3.8, 4) is 6.07 Å². The largest absolute Gasteiger partial charge is 0.363 e. The van der Waals surface area contributed by atoms with E-state index in [-0.39, 0.29) is 23.1 Å². The fourth-order valence-corrected chi connectivity index (χ4v) is 3.74. The highest BCUT2D eigenvalue weighted by Gasteiger charge is 2.30. The first-order chi connectivity index (χ1) is 12.0. The zero-order chi connectivity index (χ0) is 18.0. The van der Waals surface area contributed by atoms with Crippen LogP contribution in [0.15, 0.2) is 23.1 Å². The third-order valence-electron chi connectivity index (χ3n) is 5.06. The number of rotatable bonds is 4. The summed E-state index contributed by atoms with van der Waals surface area (Å²) in [7, 11) is 0. The second-order valence-corrected chi connectivity index (χ2v) is 6.54. The molecule has 1 fully saturated rings. The smallest absolute Gasteiger partial charge is 0.266 e. The van der Waals surface area contributed by atoms with E-state index >= 15 is 0 Å². The molecule has 0 radical (unpaired) electrons. The van der Waals surface area contributed by atoms with Crippen molar-refractivity contribution in [2.75, 3.05) is 6.54 Å². The van der Waals surface area contributed by atoms with Gasteiger partial charge in [-0.1, -0.05) is 0 Å². The van der Waals surface area contributed by atoms with E-state index in [1.165, 1.54) is 0 Å². The molecule has 2 N–H and O–H groups in total. The maximum Gasteiger partial charge on any atom is 0.266 e. The van der Waals surface area contributed by atoms with E-state index in [1.807, 2.05) is 36.2 Å². The zero-order valence-corrected chi connectivity index (χ0v) is 14.6. The van der Waals surface area contributed by atoms with Gasteiger partial charge in [-0.2, -0.15) is 5.26 Å². The fraction of sp³-hybridized carbons (Fsp3) is 0.421. The Hall–Kier alpha value is -2.81. The molecule has 0 spiro atoms. The van der Waals surface area contributed by atoms with Crippen molar-refractivity contribution in [2.24, 2.45) is 0 Å². The monoisotopic (exact) mass is 338 g/mol. The maximum absolute atomic E-state index is 12.7. The van der Waals surface area contributed by atoms with Crippen molar-refractivity contribution in [2.45, 2.75) is 45.6 Å². The summed E-state index contributed by atoms with van der Waals surface area (Å²) in [6.45, 7) is 4.36. The normalized spacial score (nSPS) is 16.8. The van der Waals surface area contributed by atoms with Gasteiger partial charge in [-0.3, -0.25) is 9.59 Å². The van der Waals surface area contributed by atoms with Crippen molar-refractivity contribution in [1.82, 2.24) is 14.9 Å². The summed E-state index contributed by atoms with van der Waals surface area (Å²) in [6, 6.07) is 6.05. The molecule has 0 bridgehead atoms. The third-order valence-corrected chi connectivity index (χ3v) is 5.06. The molecule has 1 amide bonds. The number of hydrogen-bond acceptors (Lipinski definition) is 3. The third kappa shape index (κ3) is 3.22. The summed E-state index contributed by atoms with van der Waals surface area (Å²) >= 11 is 0. The van der Waals surface area contributed by atoms with E-state index < -0.39 is 0 Å². The molecule has 6 heteroatoms. The van der Waals surface area contributed by atoms with Gasteiger partial charge in [-0.15, -0.1) is 0 Å². The van der Waals surface area contributed by atoms with E-state index in [0.717, 1.165) is 36.3 Å². The van der Waals surface area contributed by atoms with Crippen LogP contribution in [0.1, 0.15) is 53.4 Å². The number of aromatic amines is 2. The second-order valence-electron chi connectivity index (χ2n) is 6.54. The lowest BCUT2D eigenvalue weighted by molar-refractivity contribution is -0.132. The summed E-state index contributed by atoms with van der Waals surface area (Å²) in [4.78, 5) is 32.4. The highest BCUT2D eigenvalue weighted by Crippen LogP contribution is 2.31. The van der Waals surface area contributed by atoms with Gasteiger partial charge in [0.1, 0.15) is 11.6 Å². The van der Waals surface area contributed by atoms with Crippen LogP contribution < -0.4 is 5.56 Å². The summed E-state index contributed by atoms with van der Waals surface area (Å²) < 4.78 is 0. The van der Waals surface area contributed by atoms with Crippen LogP contribution in [-0.4, -0.2) is 27.3 Å². The Labute approximate surface area is 146 Å². The van der Waals surface area contributed by atoms with E-state index in [9.17, 15) is 9.59 Å². The van der Waals surface area contributed by atoms with E-state index in [4.69, 9.17) is 5.26 Å². The molecule has 3 rings (SSSR count). The molecule has 1 aliphatic rings. The number of likely N-dealkylation sites (tertiary alicyclic amines) is 1. The van der Waals surface area contributed by atoms with Crippen molar-refractivity contribution in [1.29, 1.82) is 5.26 Å². The average Bonchev–Trinajstić information content (AvgIpc) is 3.25. The van der Waals surface area contributed by atoms with Crippen LogP contribution >= 0.6 is 0 Å². The number of nitriles is 1. The van der Waals surface area contributed by atoms with Gasteiger partial charge in [0.2, 0.25) is 5.91 Å². The van der Waals surface area contributed by atoms with E-state index in [2.05, 4.69) is 9.97 Å². The molecule has 2 aromatic rings. The molecular weight excluding hydrogens is 316 g/mol. The summed E-state index contributed by atoms with van der Waals surface area (Å²) in [5.41, 5.74) is 3.15. The number of amides is 1. The molecule has 2 aromatic heterocycles. The molecule has 0 aliphatic carbocycles. The summed E-state index contributed by atoms with van der Waals surface area (Å²) in [5.74, 6) is 0.112. The van der Waals surface area contributed by atoms with Gasteiger partial charge >= 0.3 is 0 Å². The minimum absolute atomic E-state index is 0.112. The van der Waals surface area contributed by atoms with Crippen LogP contribution in [0.4, 0.5) is 0 Å². The minimum Gasteiger partial charge on any atom is -0.363 e. The molecule has 0 aromatic carbocycles. The Morgan fingerprint density at radius 3 is 2.92 bits per heavy atom. The van der Waals surface area contributed by atoms with Crippen molar-refractivity contribution in [3.05, 3.63) is 56.8 Å². The molecular formula is C19H22N4O2. The van der Waals surface area contributed by atoms with Crippen LogP contribution in [0.5, 0.6) is 0 Å². The van der Waals surface area contributed by atoms with Crippen LogP contribution in [-0.2, 0) is 11.2 Å². The van der Waals surface area contributed by atoms with Gasteiger partial charge in [-0.05, 0) is 56.4 Å². The Kier molecular flexibility index (Phi) is 4.75. The van der Waals surface area contributed by atoms with Gasteiger partial charge in [0.25, 0.3) is 5.56 Å². The Morgan fingerprint density at radius 1 is 1.44 bits per heavy atom. The number of H-pyrrole nitrogens is 2. The number of pyridine rings is 1. The van der Waals surface area contributed by atoms with Crippen LogP contribution in [0.25, 0.3) is 0 Å². The fourth-order valence-electron chi connectivity index (χ4n) is 3.74. The van der Waals surface area contributed by atoms with Crippen LogP contribution in [0.2, 0.25) is 0 Å². The molecule has 1 aliphatic heterocycles. The number of carbonyl (C=O) groups is 1. The number of aryl methyl sites for hydroxylation is 1. The van der Waals surface area contributed by atoms with Crippen LogP contribution in [0, 0.1) is 25.2 Å². The average molecular weight is 338 g/mol. The van der Waals surface area contributed by atoms with Gasteiger partial charge in [0.15, 0.2) is 0 Å². The van der Waals surface area contributed by atoms with Gasteiger partial charge in [-0.25, -0.2) is 0 Å². The van der Waals surface area contributed by atoms with Gasteiger partial charge in [0.05, 0.1) is 6.04 Å². The molecule has 1 unspecified atom stereocenters. The topological polar surface area (TPSA) is 92.8 Å². The van der Waals surface area contributed by atoms with Crippen LogP contribution in [0.3, 0.4) is 0 Å². The lowest BCUT2D eigenvalue weighted by atomic mass is 9.98. The molecule has 3 heterocycles. The van der Waals surface area contributed by atoms with Gasteiger partial charge < -0.3 is 14.9 Å². The zero-order valence-electron chi connectivity index (χ0n) is 14.6. The number of hydrogen-bond donors (Lipinski definition) is 2. The summed E-state index contributed by atoms with van der Waals surface area (Å²) in [6.07, 6.45) is 4.75. The first-order valence-corrected chi connectivity index (χ1v) is 8.58. The number of nitrogens with one attached hydrogen (secondary N) is 2. The predicted octanol–water partition coefficient (Wildman–Crippen LogP) is 2.49. The first-order valence-electron chi connectivity index (χ1n) is 8.58. The Bertz CT molecular complexity index is 874.